The third-order valence-electron chi connectivity index (χ3n) is 5.24. The molecule has 0 bridgehead atoms. The van der Waals surface area contributed by atoms with Crippen LogP contribution < -0.4 is 0 Å². The SMILES string of the molecule is CCC(CC)CS(=O)(=O)N1C(C(=O)O)CC2CCCCC21. The molecule has 6 heteroatoms. The van der Waals surface area contributed by atoms with Gasteiger partial charge in [-0.1, -0.05) is 39.5 Å². The van der Waals surface area contributed by atoms with Gasteiger partial charge in [0.25, 0.3) is 0 Å². The highest BCUT2D eigenvalue weighted by Crippen LogP contribution is 2.41. The van der Waals surface area contributed by atoms with Gasteiger partial charge in [0.05, 0.1) is 5.75 Å². The molecule has 3 unspecified atom stereocenters. The van der Waals surface area contributed by atoms with Crippen molar-refractivity contribution in [1.29, 1.82) is 0 Å². The standard InChI is InChI=1S/C15H27NO4S/c1-3-11(4-2)10-21(19,20)16-13-8-6-5-7-12(13)9-14(16)15(17)18/h11-14H,3-10H2,1-2H3,(H,17,18). The van der Waals surface area contributed by atoms with Crippen molar-refractivity contribution < 1.29 is 18.3 Å². The first-order valence-electron chi connectivity index (χ1n) is 8.14. The summed E-state index contributed by atoms with van der Waals surface area (Å²) in [6.45, 7) is 3.98. The van der Waals surface area contributed by atoms with E-state index in [-0.39, 0.29) is 23.6 Å². The number of nitrogens with zero attached hydrogens (tertiary/aromatic N) is 1. The maximum absolute atomic E-state index is 12.8. The lowest BCUT2D eigenvalue weighted by atomic mass is 9.85. The predicted molar refractivity (Wildman–Crippen MR) is 81.5 cm³/mol. The van der Waals surface area contributed by atoms with Crippen LogP contribution in [0.15, 0.2) is 0 Å². The summed E-state index contributed by atoms with van der Waals surface area (Å²) in [5, 5.41) is 9.44. The number of aliphatic carboxylic acids is 1. The Morgan fingerprint density at radius 2 is 1.86 bits per heavy atom. The van der Waals surface area contributed by atoms with Crippen molar-refractivity contribution in [2.24, 2.45) is 11.8 Å². The molecule has 0 aromatic rings. The molecule has 0 spiro atoms. The maximum atomic E-state index is 12.8. The lowest BCUT2D eigenvalue weighted by Gasteiger charge is -2.33. The van der Waals surface area contributed by atoms with E-state index in [0.717, 1.165) is 38.5 Å². The molecule has 0 radical (unpaired) electrons. The number of carbonyl (C=O) groups is 1. The zero-order valence-corrected chi connectivity index (χ0v) is 13.8. The fourth-order valence-electron chi connectivity index (χ4n) is 3.94. The van der Waals surface area contributed by atoms with Crippen LogP contribution in [0, 0.1) is 11.8 Å². The normalized spacial score (nSPS) is 30.5. The fourth-order valence-corrected chi connectivity index (χ4v) is 6.43. The topological polar surface area (TPSA) is 74.7 Å². The van der Waals surface area contributed by atoms with Gasteiger partial charge in [-0.25, -0.2) is 8.42 Å². The molecule has 1 aliphatic carbocycles. The fraction of sp³-hybridized carbons (Fsp3) is 0.933. The minimum absolute atomic E-state index is 0.0841. The molecule has 0 aromatic heterocycles. The second-order valence-corrected chi connectivity index (χ2v) is 8.41. The Morgan fingerprint density at radius 3 is 2.43 bits per heavy atom. The number of hydrogen-bond acceptors (Lipinski definition) is 3. The molecule has 5 nitrogen and oxygen atoms in total. The summed E-state index contributed by atoms with van der Waals surface area (Å²) < 4.78 is 27.0. The Bertz CT molecular complexity index is 472. The summed E-state index contributed by atoms with van der Waals surface area (Å²) in [5.41, 5.74) is 0. The summed E-state index contributed by atoms with van der Waals surface area (Å²) in [6.07, 6.45) is 5.99. The van der Waals surface area contributed by atoms with Crippen molar-refractivity contribution in [3.63, 3.8) is 0 Å². The van der Waals surface area contributed by atoms with Gasteiger partial charge in [0, 0.05) is 6.04 Å². The van der Waals surface area contributed by atoms with Crippen molar-refractivity contribution in [1.82, 2.24) is 4.31 Å². The van der Waals surface area contributed by atoms with Crippen molar-refractivity contribution in [2.75, 3.05) is 5.75 Å². The highest BCUT2D eigenvalue weighted by atomic mass is 32.2. The van der Waals surface area contributed by atoms with Crippen LogP contribution in [0.4, 0.5) is 0 Å². The minimum atomic E-state index is -3.50. The van der Waals surface area contributed by atoms with Crippen LogP contribution in [-0.2, 0) is 14.8 Å². The molecule has 1 saturated carbocycles. The van der Waals surface area contributed by atoms with Crippen LogP contribution in [0.25, 0.3) is 0 Å². The molecular weight excluding hydrogens is 290 g/mol. The van der Waals surface area contributed by atoms with E-state index in [4.69, 9.17) is 0 Å². The Kier molecular flexibility index (Phi) is 5.30. The van der Waals surface area contributed by atoms with Crippen molar-refractivity contribution in [3.8, 4) is 0 Å². The van der Waals surface area contributed by atoms with Crippen LogP contribution in [0.5, 0.6) is 0 Å². The molecule has 1 heterocycles. The maximum Gasteiger partial charge on any atom is 0.322 e. The summed E-state index contributed by atoms with van der Waals surface area (Å²) in [5.74, 6) is -0.548. The first-order chi connectivity index (χ1) is 9.90. The molecular formula is C15H27NO4S. The zero-order valence-electron chi connectivity index (χ0n) is 13.0. The van der Waals surface area contributed by atoms with Gasteiger partial charge in [0.2, 0.25) is 10.0 Å². The molecule has 1 saturated heterocycles. The number of hydrogen-bond donors (Lipinski definition) is 1. The highest BCUT2D eigenvalue weighted by molar-refractivity contribution is 7.89. The minimum Gasteiger partial charge on any atom is -0.480 e. The van der Waals surface area contributed by atoms with Gasteiger partial charge in [-0.2, -0.15) is 4.31 Å². The first-order valence-corrected chi connectivity index (χ1v) is 9.75. The Hall–Kier alpha value is -0.620. The molecule has 2 fully saturated rings. The largest absolute Gasteiger partial charge is 0.480 e. The second-order valence-electron chi connectivity index (χ2n) is 6.49. The predicted octanol–water partition coefficient (Wildman–Crippen LogP) is 2.47. The molecule has 21 heavy (non-hydrogen) atoms. The third-order valence-corrected chi connectivity index (χ3v) is 7.30. The number of sulfonamides is 1. The van der Waals surface area contributed by atoms with Gasteiger partial charge in [0.15, 0.2) is 0 Å². The van der Waals surface area contributed by atoms with Crippen LogP contribution in [0.3, 0.4) is 0 Å². The Morgan fingerprint density at radius 1 is 1.24 bits per heavy atom. The van der Waals surface area contributed by atoms with E-state index in [1.807, 2.05) is 13.8 Å². The number of carboxylic acid groups (broad SMARTS) is 1. The monoisotopic (exact) mass is 317 g/mol. The summed E-state index contributed by atoms with van der Waals surface area (Å²) >= 11 is 0. The van der Waals surface area contributed by atoms with Crippen LogP contribution in [0.1, 0.15) is 58.8 Å². The van der Waals surface area contributed by atoms with Gasteiger partial charge in [0.1, 0.15) is 6.04 Å². The quantitative estimate of drug-likeness (QED) is 0.816. The number of rotatable bonds is 6. The lowest BCUT2D eigenvalue weighted by molar-refractivity contribution is -0.141. The molecule has 122 valence electrons. The van der Waals surface area contributed by atoms with E-state index in [2.05, 4.69) is 0 Å². The molecule has 2 aliphatic rings. The van der Waals surface area contributed by atoms with Crippen LogP contribution in [0.2, 0.25) is 0 Å². The summed E-state index contributed by atoms with van der Waals surface area (Å²) in [4.78, 5) is 11.5. The van der Waals surface area contributed by atoms with E-state index in [9.17, 15) is 18.3 Å². The Balaban J connectivity index is 2.26. The third kappa shape index (κ3) is 3.42. The smallest absolute Gasteiger partial charge is 0.322 e. The lowest BCUT2D eigenvalue weighted by Crippen LogP contribution is -2.47. The molecule has 1 aliphatic heterocycles. The van der Waals surface area contributed by atoms with E-state index in [1.54, 1.807) is 0 Å². The van der Waals surface area contributed by atoms with Crippen LogP contribution >= 0.6 is 0 Å². The molecule has 1 N–H and O–H groups in total. The first kappa shape index (κ1) is 16.7. The summed E-state index contributed by atoms with van der Waals surface area (Å²) in [7, 11) is -3.50. The van der Waals surface area contributed by atoms with E-state index in [1.165, 1.54) is 4.31 Å². The average molecular weight is 317 g/mol. The van der Waals surface area contributed by atoms with Crippen molar-refractivity contribution in [2.45, 2.75) is 70.9 Å². The average Bonchev–Trinajstić information content (AvgIpc) is 2.85. The number of carboxylic acids is 1. The van der Waals surface area contributed by atoms with Crippen LogP contribution in [-0.4, -0.2) is 41.6 Å². The zero-order chi connectivity index (χ0) is 15.6. The molecule has 0 amide bonds. The van der Waals surface area contributed by atoms with Gasteiger partial charge < -0.3 is 5.11 Å². The highest BCUT2D eigenvalue weighted by Gasteiger charge is 2.50. The summed E-state index contributed by atoms with van der Waals surface area (Å²) in [6, 6.07) is -0.934. The second kappa shape index (κ2) is 6.65. The van der Waals surface area contributed by atoms with E-state index >= 15 is 0 Å². The van der Waals surface area contributed by atoms with E-state index in [0.29, 0.717) is 6.42 Å². The van der Waals surface area contributed by atoms with E-state index < -0.39 is 22.0 Å². The van der Waals surface area contributed by atoms with Gasteiger partial charge in [-0.3, -0.25) is 4.79 Å². The molecule has 2 rings (SSSR count). The molecule has 3 atom stereocenters. The van der Waals surface area contributed by atoms with Gasteiger partial charge in [-0.15, -0.1) is 0 Å². The van der Waals surface area contributed by atoms with Crippen molar-refractivity contribution >= 4 is 16.0 Å². The van der Waals surface area contributed by atoms with Gasteiger partial charge >= 0.3 is 5.97 Å². The van der Waals surface area contributed by atoms with Crippen molar-refractivity contribution in [3.05, 3.63) is 0 Å². The van der Waals surface area contributed by atoms with Gasteiger partial charge in [-0.05, 0) is 31.1 Å². The Labute approximate surface area is 127 Å². The molecule has 0 aromatic carbocycles. The number of fused-ring (bicyclic) bond motifs is 1.